The molecule has 0 saturated heterocycles. The van der Waals surface area contributed by atoms with E-state index >= 15 is 0 Å². The minimum Gasteiger partial charge on any atom is -0.454 e. The van der Waals surface area contributed by atoms with Gasteiger partial charge in [0.05, 0.1) is 12.6 Å². The van der Waals surface area contributed by atoms with Crippen LogP contribution in [0.1, 0.15) is 6.42 Å². The Kier molecular flexibility index (Phi) is 3.71. The number of benzene rings is 1. The number of aliphatic hydroxyl groups excluding tert-OH is 2. The lowest BCUT2D eigenvalue weighted by molar-refractivity contribution is 0.174. The highest BCUT2D eigenvalue weighted by Gasteiger charge is 2.18. The first-order valence-corrected chi connectivity index (χ1v) is 5.60. The van der Waals surface area contributed by atoms with Crippen molar-refractivity contribution in [3.05, 3.63) is 18.2 Å². The van der Waals surface area contributed by atoms with Gasteiger partial charge in [-0.25, -0.2) is 0 Å². The number of ether oxygens (including phenoxy) is 2. The van der Waals surface area contributed by atoms with Crippen molar-refractivity contribution in [2.75, 3.05) is 32.0 Å². The second-order valence-corrected chi connectivity index (χ2v) is 4.00. The highest BCUT2D eigenvalue weighted by molar-refractivity contribution is 5.57. The lowest BCUT2D eigenvalue weighted by Crippen LogP contribution is -2.35. The number of aliphatic hydroxyl groups is 2. The monoisotopic (exact) mass is 239 g/mol. The lowest BCUT2D eigenvalue weighted by atomic mass is 10.1. The molecule has 0 amide bonds. The molecule has 1 aromatic rings. The number of hydrogen-bond donors (Lipinski definition) is 2. The van der Waals surface area contributed by atoms with Gasteiger partial charge in [0.15, 0.2) is 11.5 Å². The second-order valence-electron chi connectivity index (χ2n) is 4.00. The molecule has 0 radical (unpaired) electrons. The van der Waals surface area contributed by atoms with Crippen LogP contribution in [-0.4, -0.2) is 43.3 Å². The molecule has 5 heteroatoms. The summed E-state index contributed by atoms with van der Waals surface area (Å²) in [5.74, 6) is 1.46. The third kappa shape index (κ3) is 2.45. The third-order valence-corrected chi connectivity index (χ3v) is 2.98. The maximum absolute atomic E-state index is 9.27. The molecule has 1 aliphatic rings. The number of rotatable bonds is 5. The molecule has 1 heterocycles. The normalized spacial score (nSPS) is 14.8. The predicted octanol–water partition coefficient (Wildman–Crippen LogP) is 0.595. The minimum absolute atomic E-state index is 0.00546. The first-order valence-electron chi connectivity index (χ1n) is 5.60. The van der Waals surface area contributed by atoms with Crippen LogP contribution in [0.2, 0.25) is 0 Å². The van der Waals surface area contributed by atoms with E-state index in [9.17, 15) is 5.11 Å². The van der Waals surface area contributed by atoms with Crippen LogP contribution in [0.3, 0.4) is 0 Å². The van der Waals surface area contributed by atoms with Gasteiger partial charge in [0.1, 0.15) is 0 Å². The Labute approximate surface area is 100 Å². The lowest BCUT2D eigenvalue weighted by Gasteiger charge is -2.28. The molecular formula is C12H17NO4. The number of fused-ring (bicyclic) bond motifs is 1. The molecule has 94 valence electrons. The zero-order valence-electron chi connectivity index (χ0n) is 9.80. The average molecular weight is 239 g/mol. The van der Waals surface area contributed by atoms with Gasteiger partial charge < -0.3 is 24.6 Å². The van der Waals surface area contributed by atoms with Gasteiger partial charge >= 0.3 is 0 Å². The van der Waals surface area contributed by atoms with Crippen molar-refractivity contribution in [3.63, 3.8) is 0 Å². The zero-order valence-corrected chi connectivity index (χ0v) is 9.80. The van der Waals surface area contributed by atoms with E-state index < -0.39 is 0 Å². The molecule has 2 N–H and O–H groups in total. The molecule has 0 aliphatic carbocycles. The number of hydrogen-bond acceptors (Lipinski definition) is 5. The van der Waals surface area contributed by atoms with Gasteiger partial charge in [-0.05, 0) is 18.6 Å². The van der Waals surface area contributed by atoms with Crippen molar-refractivity contribution in [2.24, 2.45) is 0 Å². The number of nitrogens with zero attached hydrogens (tertiary/aromatic N) is 1. The number of likely N-dealkylation sites (N-methyl/N-ethyl adjacent to an activating group) is 1. The van der Waals surface area contributed by atoms with Gasteiger partial charge in [-0.1, -0.05) is 0 Å². The van der Waals surface area contributed by atoms with Gasteiger partial charge in [0, 0.05) is 25.4 Å². The molecule has 2 rings (SSSR count). The summed E-state index contributed by atoms with van der Waals surface area (Å²) in [6.07, 6.45) is 0.529. The number of anilines is 1. The highest BCUT2D eigenvalue weighted by atomic mass is 16.7. The Morgan fingerprint density at radius 3 is 2.76 bits per heavy atom. The van der Waals surface area contributed by atoms with E-state index in [0.717, 1.165) is 17.2 Å². The van der Waals surface area contributed by atoms with E-state index in [1.54, 1.807) is 0 Å². The predicted molar refractivity (Wildman–Crippen MR) is 63.5 cm³/mol. The van der Waals surface area contributed by atoms with Crippen LogP contribution in [0.15, 0.2) is 18.2 Å². The van der Waals surface area contributed by atoms with Crippen LogP contribution >= 0.6 is 0 Å². The van der Waals surface area contributed by atoms with E-state index in [4.69, 9.17) is 14.6 Å². The maximum atomic E-state index is 9.27. The molecule has 0 aromatic heterocycles. The van der Waals surface area contributed by atoms with E-state index in [1.165, 1.54) is 0 Å². The molecule has 1 aromatic carbocycles. The summed E-state index contributed by atoms with van der Waals surface area (Å²) in [5, 5.41) is 18.2. The van der Waals surface area contributed by atoms with Crippen LogP contribution < -0.4 is 14.4 Å². The van der Waals surface area contributed by atoms with Crippen LogP contribution in [-0.2, 0) is 0 Å². The van der Waals surface area contributed by atoms with Crippen molar-refractivity contribution in [3.8, 4) is 11.5 Å². The molecule has 0 saturated carbocycles. The molecule has 0 fully saturated rings. The SMILES string of the molecule is CN(c1ccc2c(c1)OCO2)C(CO)CCO. The molecule has 17 heavy (non-hydrogen) atoms. The van der Waals surface area contributed by atoms with E-state index in [2.05, 4.69) is 0 Å². The van der Waals surface area contributed by atoms with Gasteiger partial charge in [-0.2, -0.15) is 0 Å². The van der Waals surface area contributed by atoms with Gasteiger partial charge in [-0.15, -0.1) is 0 Å². The Balaban J connectivity index is 2.15. The second kappa shape index (κ2) is 5.25. The molecule has 0 bridgehead atoms. The quantitative estimate of drug-likeness (QED) is 0.787. The van der Waals surface area contributed by atoms with Crippen LogP contribution in [0, 0.1) is 0 Å². The Bertz CT molecular complexity index is 383. The van der Waals surface area contributed by atoms with Gasteiger partial charge in [0.25, 0.3) is 0 Å². The molecule has 5 nitrogen and oxygen atoms in total. The van der Waals surface area contributed by atoms with Crippen LogP contribution in [0.25, 0.3) is 0 Å². The van der Waals surface area contributed by atoms with Gasteiger partial charge in [0.2, 0.25) is 6.79 Å². The van der Waals surface area contributed by atoms with Crippen LogP contribution in [0.4, 0.5) is 5.69 Å². The summed E-state index contributed by atoms with van der Waals surface area (Å²) >= 11 is 0. The average Bonchev–Trinajstić information content (AvgIpc) is 2.82. The first-order chi connectivity index (χ1) is 8.26. The molecule has 1 aliphatic heterocycles. The molecule has 0 spiro atoms. The van der Waals surface area contributed by atoms with E-state index in [-0.39, 0.29) is 26.0 Å². The zero-order chi connectivity index (χ0) is 12.3. The summed E-state index contributed by atoms with van der Waals surface area (Å²) < 4.78 is 10.5. The molecule has 1 unspecified atom stereocenters. The largest absolute Gasteiger partial charge is 0.454 e. The Morgan fingerprint density at radius 1 is 1.29 bits per heavy atom. The third-order valence-electron chi connectivity index (χ3n) is 2.98. The first kappa shape index (κ1) is 12.0. The fraction of sp³-hybridized carbons (Fsp3) is 0.500. The fourth-order valence-corrected chi connectivity index (χ4v) is 1.87. The van der Waals surface area contributed by atoms with Crippen molar-refractivity contribution in [1.29, 1.82) is 0 Å². The molecular weight excluding hydrogens is 222 g/mol. The maximum Gasteiger partial charge on any atom is 0.231 e. The van der Waals surface area contributed by atoms with Crippen molar-refractivity contribution in [2.45, 2.75) is 12.5 Å². The van der Waals surface area contributed by atoms with Crippen molar-refractivity contribution in [1.82, 2.24) is 0 Å². The summed E-state index contributed by atoms with van der Waals surface area (Å²) in [4.78, 5) is 1.93. The van der Waals surface area contributed by atoms with Crippen molar-refractivity contribution >= 4 is 5.69 Å². The summed E-state index contributed by atoms with van der Waals surface area (Å²) in [5.41, 5.74) is 0.932. The summed E-state index contributed by atoms with van der Waals surface area (Å²) in [7, 11) is 1.88. The Hall–Kier alpha value is -1.46. The highest BCUT2D eigenvalue weighted by Crippen LogP contribution is 2.35. The molecule has 1 atom stereocenters. The van der Waals surface area contributed by atoms with E-state index in [0.29, 0.717) is 6.42 Å². The standard InChI is InChI=1S/C12H17NO4/c1-13(10(7-15)4-5-14)9-2-3-11-12(6-9)17-8-16-11/h2-3,6,10,14-15H,4-5,7-8H2,1H3. The summed E-state index contributed by atoms with van der Waals surface area (Å²) in [6.45, 7) is 0.314. The Morgan fingerprint density at radius 2 is 2.06 bits per heavy atom. The van der Waals surface area contributed by atoms with Crippen LogP contribution in [0.5, 0.6) is 11.5 Å². The van der Waals surface area contributed by atoms with Gasteiger partial charge in [-0.3, -0.25) is 0 Å². The summed E-state index contributed by atoms with van der Waals surface area (Å²) in [6, 6.07) is 5.54. The minimum atomic E-state index is -0.0969. The van der Waals surface area contributed by atoms with E-state index in [1.807, 2.05) is 30.1 Å². The smallest absolute Gasteiger partial charge is 0.231 e. The topological polar surface area (TPSA) is 62.2 Å². The fourth-order valence-electron chi connectivity index (χ4n) is 1.87. The van der Waals surface area contributed by atoms with Crippen molar-refractivity contribution < 1.29 is 19.7 Å².